The molecule has 0 radical (unpaired) electrons. The van der Waals surface area contributed by atoms with E-state index in [2.05, 4.69) is 5.32 Å². The first-order chi connectivity index (χ1) is 11.0. The molecule has 2 amide bonds. The van der Waals surface area contributed by atoms with Crippen LogP contribution in [0.25, 0.3) is 0 Å². The van der Waals surface area contributed by atoms with Crippen LogP contribution in [-0.2, 0) is 4.79 Å². The number of hydrogen-bond acceptors (Lipinski definition) is 3. The van der Waals surface area contributed by atoms with Crippen LogP contribution >= 0.6 is 23.4 Å². The molecule has 2 aromatic carbocycles. The second-order valence-corrected chi connectivity index (χ2v) is 6.61. The Morgan fingerprint density at radius 1 is 1.13 bits per heavy atom. The lowest BCUT2D eigenvalue weighted by atomic mass is 10.2. The van der Waals surface area contributed by atoms with Gasteiger partial charge in [0.25, 0.3) is 0 Å². The average molecular weight is 349 g/mol. The molecule has 23 heavy (non-hydrogen) atoms. The first-order valence-electron chi connectivity index (χ1n) is 7.12. The van der Waals surface area contributed by atoms with E-state index in [9.17, 15) is 9.59 Å². The van der Waals surface area contributed by atoms with Crippen molar-refractivity contribution in [2.45, 2.75) is 23.5 Å². The third-order valence-corrected chi connectivity index (χ3v) is 4.82. The third-order valence-electron chi connectivity index (χ3n) is 3.19. The van der Waals surface area contributed by atoms with Crippen molar-refractivity contribution >= 4 is 40.9 Å². The van der Waals surface area contributed by atoms with E-state index in [1.807, 2.05) is 19.1 Å². The molecular weight excluding hydrogens is 332 g/mol. The van der Waals surface area contributed by atoms with Crippen LogP contribution in [0.1, 0.15) is 23.7 Å². The maximum absolute atomic E-state index is 12.4. The van der Waals surface area contributed by atoms with Gasteiger partial charge < -0.3 is 11.1 Å². The Kier molecular flexibility index (Phi) is 6.07. The summed E-state index contributed by atoms with van der Waals surface area (Å²) in [6, 6.07) is 13.9. The number of primary amides is 1. The highest BCUT2D eigenvalue weighted by Crippen LogP contribution is 2.27. The van der Waals surface area contributed by atoms with Crippen LogP contribution in [0.3, 0.4) is 0 Å². The topological polar surface area (TPSA) is 72.2 Å². The zero-order chi connectivity index (χ0) is 16.8. The smallest absolute Gasteiger partial charge is 0.248 e. The fraction of sp³-hybridized carbons (Fsp3) is 0.176. The number of nitrogens with one attached hydrogen (secondary N) is 1. The summed E-state index contributed by atoms with van der Waals surface area (Å²) in [5, 5.41) is 3.30. The van der Waals surface area contributed by atoms with Crippen molar-refractivity contribution < 1.29 is 9.59 Å². The van der Waals surface area contributed by atoms with E-state index in [4.69, 9.17) is 17.3 Å². The quantitative estimate of drug-likeness (QED) is 0.776. The molecule has 0 aromatic heterocycles. The van der Waals surface area contributed by atoms with Gasteiger partial charge >= 0.3 is 0 Å². The first-order valence-corrected chi connectivity index (χ1v) is 8.38. The summed E-state index contributed by atoms with van der Waals surface area (Å²) < 4.78 is 0. The highest BCUT2D eigenvalue weighted by Gasteiger charge is 2.18. The molecule has 6 heteroatoms. The van der Waals surface area contributed by atoms with E-state index < -0.39 is 5.91 Å². The maximum atomic E-state index is 12.4. The second-order valence-electron chi connectivity index (χ2n) is 4.90. The Labute approximate surface area is 144 Å². The molecule has 0 fully saturated rings. The van der Waals surface area contributed by atoms with Crippen LogP contribution in [0.4, 0.5) is 5.69 Å². The van der Waals surface area contributed by atoms with E-state index in [-0.39, 0.29) is 11.2 Å². The fourth-order valence-corrected chi connectivity index (χ4v) is 3.02. The highest BCUT2D eigenvalue weighted by molar-refractivity contribution is 8.00. The van der Waals surface area contributed by atoms with E-state index in [0.29, 0.717) is 22.7 Å². The van der Waals surface area contributed by atoms with E-state index in [1.165, 1.54) is 11.8 Å². The third kappa shape index (κ3) is 5.01. The molecule has 3 N–H and O–H groups in total. The second kappa shape index (κ2) is 8.04. The predicted octanol–water partition coefficient (Wildman–Crippen LogP) is 3.95. The molecule has 0 saturated carbocycles. The molecule has 120 valence electrons. The number of amides is 2. The molecule has 2 aromatic rings. The van der Waals surface area contributed by atoms with Crippen molar-refractivity contribution in [2.24, 2.45) is 5.73 Å². The minimum absolute atomic E-state index is 0.0840. The zero-order valence-electron chi connectivity index (χ0n) is 12.6. The van der Waals surface area contributed by atoms with Gasteiger partial charge in [-0.2, -0.15) is 0 Å². The van der Waals surface area contributed by atoms with E-state index in [0.717, 1.165) is 4.90 Å². The Hall–Kier alpha value is -1.98. The number of carbonyl (C=O) groups excluding carboxylic acids is 2. The molecule has 0 bridgehead atoms. The summed E-state index contributed by atoms with van der Waals surface area (Å²) >= 11 is 7.35. The lowest BCUT2D eigenvalue weighted by Gasteiger charge is -2.15. The minimum Gasteiger partial charge on any atom is -0.366 e. The van der Waals surface area contributed by atoms with Crippen molar-refractivity contribution in [2.75, 3.05) is 5.32 Å². The number of anilines is 1. The van der Waals surface area contributed by atoms with Gasteiger partial charge in [-0.1, -0.05) is 18.5 Å². The average Bonchev–Trinajstić information content (AvgIpc) is 2.54. The highest BCUT2D eigenvalue weighted by atomic mass is 35.5. The lowest BCUT2D eigenvalue weighted by Crippen LogP contribution is -2.24. The molecule has 0 aliphatic heterocycles. The van der Waals surface area contributed by atoms with Gasteiger partial charge in [-0.05, 0) is 55.0 Å². The summed E-state index contributed by atoms with van der Waals surface area (Å²) in [6.45, 7) is 1.96. The Morgan fingerprint density at radius 2 is 1.74 bits per heavy atom. The van der Waals surface area contributed by atoms with Gasteiger partial charge in [0.05, 0.1) is 5.25 Å². The summed E-state index contributed by atoms with van der Waals surface area (Å²) in [4.78, 5) is 24.4. The normalized spacial score (nSPS) is 11.7. The van der Waals surface area contributed by atoms with Crippen LogP contribution in [0.2, 0.25) is 5.02 Å². The van der Waals surface area contributed by atoms with Gasteiger partial charge in [-0.15, -0.1) is 11.8 Å². The minimum atomic E-state index is -0.493. The molecule has 1 atom stereocenters. The van der Waals surface area contributed by atoms with Crippen molar-refractivity contribution in [1.82, 2.24) is 0 Å². The van der Waals surface area contributed by atoms with Crippen molar-refractivity contribution in [3.8, 4) is 0 Å². The Morgan fingerprint density at radius 3 is 2.26 bits per heavy atom. The number of nitrogens with two attached hydrogens (primary N) is 1. The van der Waals surface area contributed by atoms with Gasteiger partial charge in [0, 0.05) is 21.2 Å². The first kappa shape index (κ1) is 17.4. The molecule has 0 aliphatic carbocycles. The predicted molar refractivity (Wildman–Crippen MR) is 95.0 cm³/mol. The SMILES string of the molecule is CC[C@H](Sc1ccc(Cl)cc1)C(=O)Nc1ccc(C(N)=O)cc1. The summed E-state index contributed by atoms with van der Waals surface area (Å²) in [7, 11) is 0. The molecule has 4 nitrogen and oxygen atoms in total. The summed E-state index contributed by atoms with van der Waals surface area (Å²) in [5.74, 6) is -0.577. The van der Waals surface area contributed by atoms with Crippen molar-refractivity contribution in [3.63, 3.8) is 0 Å². The van der Waals surface area contributed by atoms with Crippen LogP contribution in [0.15, 0.2) is 53.4 Å². The van der Waals surface area contributed by atoms with Gasteiger partial charge in [-0.3, -0.25) is 9.59 Å². The van der Waals surface area contributed by atoms with E-state index in [1.54, 1.807) is 36.4 Å². The van der Waals surface area contributed by atoms with Crippen molar-refractivity contribution in [3.05, 3.63) is 59.1 Å². The van der Waals surface area contributed by atoms with E-state index >= 15 is 0 Å². The van der Waals surface area contributed by atoms with Gasteiger partial charge in [-0.25, -0.2) is 0 Å². The number of rotatable bonds is 6. The summed E-state index contributed by atoms with van der Waals surface area (Å²) in [5.41, 5.74) is 6.23. The molecule has 0 saturated heterocycles. The zero-order valence-corrected chi connectivity index (χ0v) is 14.2. The monoisotopic (exact) mass is 348 g/mol. The van der Waals surface area contributed by atoms with Gasteiger partial charge in [0.2, 0.25) is 11.8 Å². The largest absolute Gasteiger partial charge is 0.366 e. The summed E-state index contributed by atoms with van der Waals surface area (Å²) in [6.07, 6.45) is 0.693. The number of carbonyl (C=O) groups is 2. The molecule has 0 aliphatic rings. The number of halogens is 1. The van der Waals surface area contributed by atoms with Crippen LogP contribution in [0, 0.1) is 0 Å². The van der Waals surface area contributed by atoms with Crippen LogP contribution in [-0.4, -0.2) is 17.1 Å². The molecule has 0 heterocycles. The lowest BCUT2D eigenvalue weighted by molar-refractivity contribution is -0.115. The van der Waals surface area contributed by atoms with Gasteiger partial charge in [0.15, 0.2) is 0 Å². The van der Waals surface area contributed by atoms with Crippen LogP contribution in [0.5, 0.6) is 0 Å². The van der Waals surface area contributed by atoms with Crippen LogP contribution < -0.4 is 11.1 Å². The number of benzene rings is 2. The number of hydrogen-bond donors (Lipinski definition) is 2. The number of thioether (sulfide) groups is 1. The molecular formula is C17H17ClN2O2S. The maximum Gasteiger partial charge on any atom is 0.248 e. The molecule has 0 unspecified atom stereocenters. The Bertz CT molecular complexity index is 687. The molecule has 0 spiro atoms. The Balaban J connectivity index is 2.01. The van der Waals surface area contributed by atoms with Gasteiger partial charge in [0.1, 0.15) is 0 Å². The standard InChI is InChI=1S/C17H17ClN2O2S/c1-2-15(23-14-9-5-12(18)6-10-14)17(22)20-13-7-3-11(4-8-13)16(19)21/h3-10,15H,2H2,1H3,(H2,19,21)(H,20,22)/t15-/m0/s1. The fourth-order valence-electron chi connectivity index (χ4n) is 1.94. The molecule has 2 rings (SSSR count). The van der Waals surface area contributed by atoms with Crippen molar-refractivity contribution in [1.29, 1.82) is 0 Å².